The SMILES string of the molecule is O=C1CCCN1c1ccc(S(=O)(=O)N2CCS(=O)(=O)C[C@@H]2C2CC2)cc1. The van der Waals surface area contributed by atoms with E-state index in [9.17, 15) is 21.6 Å². The zero-order chi connectivity index (χ0) is 18.5. The highest BCUT2D eigenvalue weighted by Crippen LogP contribution is 2.39. The topological polar surface area (TPSA) is 91.8 Å². The van der Waals surface area contributed by atoms with Gasteiger partial charge < -0.3 is 4.90 Å². The van der Waals surface area contributed by atoms with E-state index in [1.807, 2.05) is 0 Å². The molecule has 0 spiro atoms. The third-order valence-corrected chi connectivity index (χ3v) is 9.00. The normalized spacial score (nSPS) is 27.0. The number of nitrogens with zero attached hydrogens (tertiary/aromatic N) is 2. The number of sulfonamides is 1. The molecule has 7 nitrogen and oxygen atoms in total. The lowest BCUT2D eigenvalue weighted by Gasteiger charge is -2.34. The van der Waals surface area contributed by atoms with Gasteiger partial charge in [0.2, 0.25) is 15.9 Å². The highest BCUT2D eigenvalue weighted by Gasteiger charge is 2.46. The van der Waals surface area contributed by atoms with Gasteiger partial charge in [0.1, 0.15) is 0 Å². The number of hydrogen-bond acceptors (Lipinski definition) is 5. The van der Waals surface area contributed by atoms with Gasteiger partial charge in [-0.15, -0.1) is 0 Å². The van der Waals surface area contributed by atoms with Gasteiger partial charge in [0, 0.05) is 31.2 Å². The maximum Gasteiger partial charge on any atom is 0.243 e. The van der Waals surface area contributed by atoms with Gasteiger partial charge in [-0.3, -0.25) is 4.79 Å². The molecule has 2 saturated heterocycles. The Kier molecular flexibility index (Phi) is 4.36. The van der Waals surface area contributed by atoms with Crippen molar-refractivity contribution in [2.45, 2.75) is 36.6 Å². The van der Waals surface area contributed by atoms with Crippen LogP contribution in [0, 0.1) is 5.92 Å². The second kappa shape index (κ2) is 6.31. The maximum atomic E-state index is 13.1. The fraction of sp³-hybridized carbons (Fsp3) is 0.588. The summed E-state index contributed by atoms with van der Waals surface area (Å²) in [5, 5.41) is 0. The van der Waals surface area contributed by atoms with Crippen molar-refractivity contribution < 1.29 is 21.6 Å². The maximum absolute atomic E-state index is 13.1. The quantitative estimate of drug-likeness (QED) is 0.755. The van der Waals surface area contributed by atoms with Crippen LogP contribution in [0.4, 0.5) is 5.69 Å². The average Bonchev–Trinajstić information content (AvgIpc) is 3.35. The Balaban J connectivity index is 1.60. The molecule has 142 valence electrons. The van der Waals surface area contributed by atoms with Crippen molar-refractivity contribution in [1.29, 1.82) is 0 Å². The molecule has 26 heavy (non-hydrogen) atoms. The molecule has 1 amide bonds. The number of rotatable bonds is 4. The van der Waals surface area contributed by atoms with E-state index in [0.717, 1.165) is 19.3 Å². The van der Waals surface area contributed by atoms with Crippen molar-refractivity contribution in [3.05, 3.63) is 24.3 Å². The largest absolute Gasteiger partial charge is 0.312 e. The minimum absolute atomic E-state index is 0.0121. The van der Waals surface area contributed by atoms with Crippen LogP contribution in [-0.4, -0.2) is 57.7 Å². The smallest absolute Gasteiger partial charge is 0.243 e. The van der Waals surface area contributed by atoms with Gasteiger partial charge in [0.25, 0.3) is 0 Å². The van der Waals surface area contributed by atoms with Gasteiger partial charge in [-0.2, -0.15) is 4.31 Å². The van der Waals surface area contributed by atoms with E-state index in [2.05, 4.69) is 0 Å². The standard InChI is InChI=1S/C17H22N2O5S2/c20-17-2-1-9-18(17)14-5-7-15(8-6-14)26(23,24)19-10-11-25(21,22)12-16(19)13-3-4-13/h5-8,13,16H,1-4,9-12H2/t16-/m1/s1. The molecule has 0 radical (unpaired) electrons. The van der Waals surface area contributed by atoms with Crippen LogP contribution in [-0.2, 0) is 24.7 Å². The lowest BCUT2D eigenvalue weighted by atomic mass is 10.2. The van der Waals surface area contributed by atoms with Crippen LogP contribution >= 0.6 is 0 Å². The lowest BCUT2D eigenvalue weighted by Crippen LogP contribution is -2.52. The summed E-state index contributed by atoms with van der Waals surface area (Å²) >= 11 is 0. The molecule has 1 aromatic rings. The fourth-order valence-electron chi connectivity index (χ4n) is 3.83. The summed E-state index contributed by atoms with van der Waals surface area (Å²) in [5.74, 6) is -0.0236. The number of anilines is 1. The molecule has 2 heterocycles. The van der Waals surface area contributed by atoms with Crippen molar-refractivity contribution in [2.24, 2.45) is 5.92 Å². The minimum atomic E-state index is -3.75. The van der Waals surface area contributed by atoms with E-state index in [0.29, 0.717) is 18.7 Å². The molecule has 4 rings (SSSR count). The molecule has 1 aromatic carbocycles. The van der Waals surface area contributed by atoms with Gasteiger partial charge in [0.05, 0.1) is 16.4 Å². The molecular formula is C17H22N2O5S2. The predicted molar refractivity (Wildman–Crippen MR) is 97.1 cm³/mol. The highest BCUT2D eigenvalue weighted by molar-refractivity contribution is 7.92. The third kappa shape index (κ3) is 3.27. The lowest BCUT2D eigenvalue weighted by molar-refractivity contribution is -0.117. The Morgan fingerprint density at radius 2 is 1.73 bits per heavy atom. The van der Waals surface area contributed by atoms with Crippen molar-refractivity contribution in [3.8, 4) is 0 Å². The van der Waals surface area contributed by atoms with Crippen molar-refractivity contribution in [3.63, 3.8) is 0 Å². The summed E-state index contributed by atoms with van der Waals surface area (Å²) in [4.78, 5) is 13.6. The van der Waals surface area contributed by atoms with Crippen molar-refractivity contribution in [1.82, 2.24) is 4.31 Å². The van der Waals surface area contributed by atoms with Crippen molar-refractivity contribution in [2.75, 3.05) is 29.5 Å². The van der Waals surface area contributed by atoms with Crippen LogP contribution < -0.4 is 4.90 Å². The monoisotopic (exact) mass is 398 g/mol. The van der Waals surface area contributed by atoms with Crippen LogP contribution in [0.15, 0.2) is 29.2 Å². The van der Waals surface area contributed by atoms with E-state index < -0.39 is 25.9 Å². The summed E-state index contributed by atoms with van der Waals surface area (Å²) in [6.07, 6.45) is 3.08. The number of carbonyl (C=O) groups is 1. The average molecular weight is 399 g/mol. The predicted octanol–water partition coefficient (Wildman–Crippen LogP) is 1.01. The van der Waals surface area contributed by atoms with Crippen LogP contribution in [0.25, 0.3) is 0 Å². The Hall–Kier alpha value is -1.45. The first-order valence-electron chi connectivity index (χ1n) is 8.91. The Morgan fingerprint density at radius 1 is 1.04 bits per heavy atom. The molecule has 0 unspecified atom stereocenters. The molecule has 0 bridgehead atoms. The summed E-state index contributed by atoms with van der Waals surface area (Å²) in [6, 6.07) is 5.89. The van der Waals surface area contributed by atoms with Gasteiger partial charge in [0.15, 0.2) is 9.84 Å². The first-order chi connectivity index (χ1) is 12.3. The molecule has 0 N–H and O–H groups in total. The van der Waals surface area contributed by atoms with Gasteiger partial charge in [-0.05, 0) is 49.4 Å². The summed E-state index contributed by atoms with van der Waals surface area (Å²) in [7, 11) is -6.94. The summed E-state index contributed by atoms with van der Waals surface area (Å²) < 4.78 is 51.5. The second-order valence-corrected chi connectivity index (χ2v) is 11.4. The molecule has 3 aliphatic rings. The molecule has 0 aromatic heterocycles. The van der Waals surface area contributed by atoms with Crippen LogP contribution in [0.2, 0.25) is 0 Å². The Bertz CT molecular complexity index is 920. The summed E-state index contributed by atoms with van der Waals surface area (Å²) in [6.45, 7) is 0.664. The zero-order valence-electron chi connectivity index (χ0n) is 14.4. The molecule has 2 aliphatic heterocycles. The van der Waals surface area contributed by atoms with E-state index in [-0.39, 0.29) is 34.8 Å². The number of hydrogen-bond donors (Lipinski definition) is 0. The van der Waals surface area contributed by atoms with E-state index in [1.165, 1.54) is 16.4 Å². The molecule has 1 atom stereocenters. The first-order valence-corrected chi connectivity index (χ1v) is 12.2. The first kappa shape index (κ1) is 17.9. The van der Waals surface area contributed by atoms with Crippen LogP contribution in [0.5, 0.6) is 0 Å². The van der Waals surface area contributed by atoms with E-state index in [4.69, 9.17) is 0 Å². The van der Waals surface area contributed by atoms with Gasteiger partial charge in [-0.1, -0.05) is 0 Å². The Labute approximate surface area is 153 Å². The molecule has 1 aliphatic carbocycles. The number of benzene rings is 1. The zero-order valence-corrected chi connectivity index (χ0v) is 16.0. The molecule has 9 heteroatoms. The molecule has 3 fully saturated rings. The number of carbonyl (C=O) groups excluding carboxylic acids is 1. The van der Waals surface area contributed by atoms with E-state index >= 15 is 0 Å². The number of sulfone groups is 1. The van der Waals surface area contributed by atoms with E-state index in [1.54, 1.807) is 17.0 Å². The Morgan fingerprint density at radius 3 is 2.31 bits per heavy atom. The van der Waals surface area contributed by atoms with Gasteiger partial charge in [-0.25, -0.2) is 16.8 Å². The van der Waals surface area contributed by atoms with Crippen LogP contribution in [0.1, 0.15) is 25.7 Å². The highest BCUT2D eigenvalue weighted by atomic mass is 32.2. The van der Waals surface area contributed by atoms with Crippen molar-refractivity contribution >= 4 is 31.5 Å². The minimum Gasteiger partial charge on any atom is -0.312 e. The molecule has 1 saturated carbocycles. The van der Waals surface area contributed by atoms with Gasteiger partial charge >= 0.3 is 0 Å². The number of amides is 1. The fourth-order valence-corrected chi connectivity index (χ4v) is 7.34. The summed E-state index contributed by atoms with van der Waals surface area (Å²) in [5.41, 5.74) is 0.700. The second-order valence-electron chi connectivity index (χ2n) is 7.28. The third-order valence-electron chi connectivity index (χ3n) is 5.41. The van der Waals surface area contributed by atoms with Crippen LogP contribution in [0.3, 0.4) is 0 Å². The molecular weight excluding hydrogens is 376 g/mol.